The molecule has 0 aromatic rings. The van der Waals surface area contributed by atoms with Crippen molar-refractivity contribution in [3.8, 4) is 0 Å². The van der Waals surface area contributed by atoms with Gasteiger partial charge in [-0.05, 0) is 49.4 Å². The van der Waals surface area contributed by atoms with Gasteiger partial charge in [0, 0.05) is 6.04 Å². The van der Waals surface area contributed by atoms with Crippen molar-refractivity contribution in [1.29, 1.82) is 0 Å². The van der Waals surface area contributed by atoms with E-state index < -0.39 is 0 Å². The van der Waals surface area contributed by atoms with Crippen molar-refractivity contribution in [1.82, 2.24) is 0 Å². The molecule has 2 atom stereocenters. The molecule has 2 N–H and O–H groups in total. The van der Waals surface area contributed by atoms with Crippen LogP contribution in [0.2, 0.25) is 0 Å². The van der Waals surface area contributed by atoms with Crippen molar-refractivity contribution in [2.45, 2.75) is 44.6 Å². The van der Waals surface area contributed by atoms with Gasteiger partial charge in [0.2, 0.25) is 0 Å². The lowest BCUT2D eigenvalue weighted by Crippen LogP contribution is -2.48. The largest absolute Gasteiger partial charge is 0.328 e. The maximum Gasteiger partial charge on any atom is 0.00496 e. The van der Waals surface area contributed by atoms with Gasteiger partial charge in [0.25, 0.3) is 0 Å². The molecule has 2 heteroatoms. The lowest BCUT2D eigenvalue weighted by Gasteiger charge is -2.49. The summed E-state index contributed by atoms with van der Waals surface area (Å²) in [5.74, 6) is 2.19. The minimum Gasteiger partial charge on any atom is -0.328 e. The first-order chi connectivity index (χ1) is 5.28. The molecule has 0 amide bonds. The molecule has 1 spiro atoms. The van der Waals surface area contributed by atoms with Crippen molar-refractivity contribution in [2.24, 2.45) is 23.0 Å². The minimum absolute atomic E-state index is 0. The van der Waals surface area contributed by atoms with E-state index in [4.69, 9.17) is 5.73 Å². The lowest BCUT2D eigenvalue weighted by molar-refractivity contribution is 0.0353. The van der Waals surface area contributed by atoms with Gasteiger partial charge in [0.05, 0.1) is 0 Å². The molecule has 2 unspecified atom stereocenters. The molecule has 0 aliphatic heterocycles. The third-order valence-electron chi connectivity index (χ3n) is 4.44. The van der Waals surface area contributed by atoms with Crippen LogP contribution in [0.4, 0.5) is 0 Å². The summed E-state index contributed by atoms with van der Waals surface area (Å²) in [5, 5.41) is 0. The zero-order valence-corrected chi connectivity index (χ0v) is 8.28. The second-order valence-corrected chi connectivity index (χ2v) is 5.11. The quantitative estimate of drug-likeness (QED) is 0.619. The molecule has 3 saturated carbocycles. The van der Waals surface area contributed by atoms with Crippen LogP contribution >= 0.6 is 12.4 Å². The fraction of sp³-hybridized carbons (Fsp3) is 1.00. The third-order valence-corrected chi connectivity index (χ3v) is 4.44. The highest BCUT2D eigenvalue weighted by atomic mass is 35.5. The number of hydrogen-bond donors (Lipinski definition) is 1. The number of rotatable bonds is 0. The Morgan fingerprint density at radius 2 is 1.83 bits per heavy atom. The van der Waals surface area contributed by atoms with Crippen LogP contribution < -0.4 is 5.73 Å². The van der Waals surface area contributed by atoms with Crippen molar-refractivity contribution < 1.29 is 0 Å². The van der Waals surface area contributed by atoms with Crippen molar-refractivity contribution in [2.75, 3.05) is 0 Å². The summed E-state index contributed by atoms with van der Waals surface area (Å²) < 4.78 is 0. The first kappa shape index (κ1) is 8.83. The molecule has 0 heterocycles. The van der Waals surface area contributed by atoms with Crippen LogP contribution in [-0.4, -0.2) is 6.04 Å². The average molecular weight is 188 g/mol. The minimum atomic E-state index is 0. The van der Waals surface area contributed by atoms with Gasteiger partial charge in [0.1, 0.15) is 0 Å². The first-order valence-corrected chi connectivity index (χ1v) is 5.04. The first-order valence-electron chi connectivity index (χ1n) is 5.04. The summed E-state index contributed by atoms with van der Waals surface area (Å²) in [6.07, 6.45) is 8.85. The Morgan fingerprint density at radius 3 is 2.25 bits per heavy atom. The predicted molar refractivity (Wildman–Crippen MR) is 52.3 cm³/mol. The highest BCUT2D eigenvalue weighted by Crippen LogP contribution is 2.64. The fourth-order valence-electron chi connectivity index (χ4n) is 4.04. The highest BCUT2D eigenvalue weighted by Gasteiger charge is 2.56. The lowest BCUT2D eigenvalue weighted by atomic mass is 9.58. The monoisotopic (exact) mass is 187 g/mol. The smallest absolute Gasteiger partial charge is 0.00496 e. The Kier molecular flexibility index (Phi) is 1.93. The molecule has 3 aliphatic rings. The molecule has 0 saturated heterocycles. The summed E-state index contributed by atoms with van der Waals surface area (Å²) >= 11 is 0. The van der Waals surface area contributed by atoms with Crippen LogP contribution in [0.5, 0.6) is 0 Å². The zero-order chi connectivity index (χ0) is 7.47. The Balaban J connectivity index is 0.000000563. The van der Waals surface area contributed by atoms with E-state index >= 15 is 0 Å². The average Bonchev–Trinajstić information content (AvgIpc) is 2.43. The van der Waals surface area contributed by atoms with E-state index in [-0.39, 0.29) is 12.4 Å². The second-order valence-electron chi connectivity index (χ2n) is 5.11. The van der Waals surface area contributed by atoms with E-state index in [9.17, 15) is 0 Å². The number of hydrogen-bond acceptors (Lipinski definition) is 1. The molecule has 70 valence electrons. The topological polar surface area (TPSA) is 26.0 Å². The van der Waals surface area contributed by atoms with Crippen LogP contribution in [0.15, 0.2) is 0 Å². The molecule has 3 fully saturated rings. The van der Waals surface area contributed by atoms with Crippen LogP contribution in [0.3, 0.4) is 0 Å². The van der Waals surface area contributed by atoms with E-state index in [2.05, 4.69) is 0 Å². The van der Waals surface area contributed by atoms with E-state index in [0.717, 1.165) is 17.3 Å². The highest BCUT2D eigenvalue weighted by molar-refractivity contribution is 5.85. The van der Waals surface area contributed by atoms with Gasteiger partial charge in [-0.1, -0.05) is 6.42 Å². The number of nitrogens with two attached hydrogens (primary N) is 1. The summed E-state index contributed by atoms with van der Waals surface area (Å²) in [4.78, 5) is 0. The van der Waals surface area contributed by atoms with E-state index in [1.165, 1.54) is 32.1 Å². The zero-order valence-electron chi connectivity index (χ0n) is 7.46. The normalized spacial score (nSPS) is 55.2. The Labute approximate surface area is 80.5 Å². The van der Waals surface area contributed by atoms with E-state index in [0.29, 0.717) is 6.04 Å². The van der Waals surface area contributed by atoms with Gasteiger partial charge >= 0.3 is 0 Å². The van der Waals surface area contributed by atoms with Crippen molar-refractivity contribution in [3.63, 3.8) is 0 Å². The molecule has 3 rings (SSSR count). The molecule has 2 bridgehead atoms. The standard InChI is InChI=1S/C10H17N.ClH/c11-9-5-10(6-9)4-7-1-2-8(10)3-7;/h7-9H,1-6,11H2;1H. The molecule has 1 nitrogen and oxygen atoms in total. The summed E-state index contributed by atoms with van der Waals surface area (Å²) in [6, 6.07) is 0.564. The predicted octanol–water partition coefficient (Wildman–Crippen LogP) is 2.34. The molecule has 0 aromatic heterocycles. The SMILES string of the molecule is Cl.NC1CC2(C1)CC1CCC2C1. The van der Waals surface area contributed by atoms with Crippen LogP contribution in [-0.2, 0) is 0 Å². The van der Waals surface area contributed by atoms with Crippen LogP contribution in [0.25, 0.3) is 0 Å². The Bertz CT molecular complexity index is 186. The maximum atomic E-state index is 5.86. The van der Waals surface area contributed by atoms with Crippen molar-refractivity contribution >= 4 is 12.4 Å². The second kappa shape index (κ2) is 2.62. The summed E-state index contributed by atoms with van der Waals surface area (Å²) in [7, 11) is 0. The molecular weight excluding hydrogens is 170 g/mol. The third kappa shape index (κ3) is 0.958. The van der Waals surface area contributed by atoms with Crippen LogP contribution in [0.1, 0.15) is 38.5 Å². The Hall–Kier alpha value is 0.250. The number of halogens is 1. The maximum absolute atomic E-state index is 5.86. The molecule has 0 radical (unpaired) electrons. The van der Waals surface area contributed by atoms with Gasteiger partial charge in [-0.2, -0.15) is 0 Å². The van der Waals surface area contributed by atoms with Gasteiger partial charge < -0.3 is 5.73 Å². The van der Waals surface area contributed by atoms with Gasteiger partial charge in [-0.15, -0.1) is 12.4 Å². The summed E-state index contributed by atoms with van der Waals surface area (Å²) in [5.41, 5.74) is 6.64. The number of fused-ring (bicyclic) bond motifs is 3. The molecule has 3 aliphatic carbocycles. The van der Waals surface area contributed by atoms with Crippen LogP contribution in [0, 0.1) is 17.3 Å². The molecular formula is C10H18ClN. The van der Waals surface area contributed by atoms with Gasteiger partial charge in [0.15, 0.2) is 0 Å². The molecule has 0 aromatic carbocycles. The van der Waals surface area contributed by atoms with E-state index in [1.807, 2.05) is 0 Å². The Morgan fingerprint density at radius 1 is 1.08 bits per heavy atom. The summed E-state index contributed by atoms with van der Waals surface area (Å²) in [6.45, 7) is 0. The molecule has 12 heavy (non-hydrogen) atoms. The van der Waals surface area contributed by atoms with Gasteiger partial charge in [-0.3, -0.25) is 0 Å². The van der Waals surface area contributed by atoms with E-state index in [1.54, 1.807) is 6.42 Å². The van der Waals surface area contributed by atoms with Crippen molar-refractivity contribution in [3.05, 3.63) is 0 Å². The fourth-order valence-corrected chi connectivity index (χ4v) is 4.04. The van der Waals surface area contributed by atoms with Gasteiger partial charge in [-0.25, -0.2) is 0 Å².